The van der Waals surface area contributed by atoms with E-state index in [0.717, 1.165) is 18.4 Å². The van der Waals surface area contributed by atoms with Crippen molar-refractivity contribution >= 4 is 51.5 Å². The molecule has 1 aliphatic heterocycles. The van der Waals surface area contributed by atoms with E-state index >= 15 is 0 Å². The van der Waals surface area contributed by atoms with Crippen molar-refractivity contribution in [1.82, 2.24) is 0 Å². The first-order valence-corrected chi connectivity index (χ1v) is 11.6. The third-order valence-electron chi connectivity index (χ3n) is 5.13. The molecule has 0 amide bonds. The molecule has 0 fully saturated rings. The number of rotatable bonds is 5. The standard InChI is InChI=1S/C21H16ClF3N2O4S2/c1-31-15(28)10-33-19-12(9-26)16(11-5-2-3-6-13(11)22)17(18(29)14-7-4-8-32-14)20(30,27-19)21(23,24)25/h2-8,12,16-17,30H,10H2,1H3/t12?,16-,17-,20+/m1/s1. The van der Waals surface area contributed by atoms with Crippen molar-refractivity contribution < 1.29 is 32.6 Å². The Hall–Kier alpha value is -2.39. The van der Waals surface area contributed by atoms with Crippen LogP contribution in [0.25, 0.3) is 0 Å². The van der Waals surface area contributed by atoms with E-state index < -0.39 is 52.2 Å². The van der Waals surface area contributed by atoms with Crippen LogP contribution in [0.15, 0.2) is 46.8 Å². The van der Waals surface area contributed by atoms with E-state index in [1.54, 1.807) is 6.07 Å². The molecule has 0 saturated carbocycles. The van der Waals surface area contributed by atoms with Crippen LogP contribution in [0.4, 0.5) is 13.2 Å². The van der Waals surface area contributed by atoms with Crippen molar-refractivity contribution in [3.05, 3.63) is 57.2 Å². The molecular formula is C21H16ClF3N2O4S2. The van der Waals surface area contributed by atoms with Gasteiger partial charge in [0.15, 0.2) is 5.78 Å². The van der Waals surface area contributed by atoms with E-state index in [4.69, 9.17) is 11.6 Å². The lowest BCUT2D eigenvalue weighted by atomic mass is 9.68. The van der Waals surface area contributed by atoms with Crippen LogP contribution >= 0.6 is 34.7 Å². The fourth-order valence-corrected chi connectivity index (χ4v) is 5.55. The van der Waals surface area contributed by atoms with Gasteiger partial charge in [-0.2, -0.15) is 18.4 Å². The molecule has 3 rings (SSSR count). The largest absolute Gasteiger partial charge is 0.468 e. The lowest BCUT2D eigenvalue weighted by molar-refractivity contribution is -0.274. The first-order valence-electron chi connectivity index (χ1n) is 9.35. The number of nitrogens with zero attached hydrogens (tertiary/aromatic N) is 2. The number of esters is 1. The van der Waals surface area contributed by atoms with Gasteiger partial charge in [-0.05, 0) is 23.1 Å². The summed E-state index contributed by atoms with van der Waals surface area (Å²) in [7, 11) is 1.10. The molecule has 0 spiro atoms. The third-order valence-corrected chi connectivity index (χ3v) is 7.38. The number of hydrogen-bond donors (Lipinski definition) is 1. The molecular weight excluding hydrogens is 501 g/mol. The number of carbonyl (C=O) groups excluding carboxylic acids is 2. The zero-order valence-corrected chi connectivity index (χ0v) is 19.3. The molecule has 1 aromatic carbocycles. The average molecular weight is 517 g/mol. The number of carbonyl (C=O) groups is 2. The van der Waals surface area contributed by atoms with Crippen LogP contribution in [-0.2, 0) is 9.53 Å². The van der Waals surface area contributed by atoms with Gasteiger partial charge >= 0.3 is 12.1 Å². The summed E-state index contributed by atoms with van der Waals surface area (Å²) in [5.74, 6) is -7.31. The minimum Gasteiger partial charge on any atom is -0.468 e. The Morgan fingerprint density at radius 1 is 1.33 bits per heavy atom. The van der Waals surface area contributed by atoms with Gasteiger partial charge in [-0.15, -0.1) is 11.3 Å². The van der Waals surface area contributed by atoms with Crippen molar-refractivity contribution in [2.75, 3.05) is 12.9 Å². The molecule has 1 aliphatic rings. The first kappa shape index (κ1) is 25.2. The van der Waals surface area contributed by atoms with Gasteiger partial charge in [0.25, 0.3) is 5.72 Å². The van der Waals surface area contributed by atoms with Crippen LogP contribution in [0.2, 0.25) is 5.02 Å². The number of alkyl halides is 3. The van der Waals surface area contributed by atoms with E-state index in [9.17, 15) is 33.1 Å². The number of nitriles is 1. The molecule has 12 heteroatoms. The van der Waals surface area contributed by atoms with Crippen LogP contribution < -0.4 is 0 Å². The second-order valence-electron chi connectivity index (χ2n) is 7.01. The molecule has 33 heavy (non-hydrogen) atoms. The maximum absolute atomic E-state index is 14.3. The molecule has 0 aliphatic carbocycles. The monoisotopic (exact) mass is 516 g/mol. The lowest BCUT2D eigenvalue weighted by Crippen LogP contribution is -2.59. The lowest BCUT2D eigenvalue weighted by Gasteiger charge is -2.44. The zero-order valence-electron chi connectivity index (χ0n) is 16.9. The molecule has 6 nitrogen and oxygen atoms in total. The number of halogens is 4. The SMILES string of the molecule is COC(=O)CSC1=N[C@@](O)(C(F)(F)F)[C@@H](C(=O)c2cccs2)[C@H](c2ccccc2Cl)C1C#N. The number of ketones is 1. The zero-order chi connectivity index (χ0) is 24.4. The molecule has 4 atom stereocenters. The minimum atomic E-state index is -5.37. The molecule has 0 radical (unpaired) electrons. The Kier molecular flexibility index (Phi) is 7.53. The summed E-state index contributed by atoms with van der Waals surface area (Å²) < 4.78 is 47.5. The summed E-state index contributed by atoms with van der Waals surface area (Å²) in [6.45, 7) is 0. The minimum absolute atomic E-state index is 0.0236. The Labute approximate surface area is 200 Å². The number of hydrogen-bond acceptors (Lipinski definition) is 8. The summed E-state index contributed by atoms with van der Waals surface area (Å²) in [6, 6.07) is 10.6. The summed E-state index contributed by atoms with van der Waals surface area (Å²) in [4.78, 5) is 28.4. The topological polar surface area (TPSA) is 99.8 Å². The third kappa shape index (κ3) is 4.80. The molecule has 2 heterocycles. The number of methoxy groups -OCH3 is 1. The molecule has 1 aromatic heterocycles. The van der Waals surface area contributed by atoms with Crippen molar-refractivity contribution in [2.45, 2.75) is 17.8 Å². The maximum atomic E-state index is 14.3. The fraction of sp³-hybridized carbons (Fsp3) is 0.333. The number of ether oxygens (including phenoxy) is 1. The van der Waals surface area contributed by atoms with Crippen molar-refractivity contribution in [2.24, 2.45) is 16.8 Å². The number of benzene rings is 1. The van der Waals surface area contributed by atoms with Gasteiger partial charge in [-0.3, -0.25) is 9.59 Å². The van der Waals surface area contributed by atoms with Crippen molar-refractivity contribution in [3.63, 3.8) is 0 Å². The van der Waals surface area contributed by atoms with Crippen LogP contribution in [0.5, 0.6) is 0 Å². The number of thioether (sulfide) groups is 1. The molecule has 1 unspecified atom stereocenters. The van der Waals surface area contributed by atoms with Gasteiger partial charge < -0.3 is 9.84 Å². The fourth-order valence-electron chi connectivity index (χ4n) is 3.62. The van der Waals surface area contributed by atoms with Gasteiger partial charge in [0.2, 0.25) is 0 Å². The summed E-state index contributed by atoms with van der Waals surface area (Å²) >= 11 is 7.72. The van der Waals surface area contributed by atoms with Crippen LogP contribution in [-0.4, -0.2) is 46.7 Å². The summed E-state index contributed by atoms with van der Waals surface area (Å²) in [6.07, 6.45) is -5.37. The van der Waals surface area contributed by atoms with E-state index in [0.29, 0.717) is 11.8 Å². The molecule has 2 aromatic rings. The first-order chi connectivity index (χ1) is 15.5. The average Bonchev–Trinajstić information content (AvgIpc) is 3.31. The second kappa shape index (κ2) is 9.85. The molecule has 174 valence electrons. The Balaban J connectivity index is 2.28. The van der Waals surface area contributed by atoms with E-state index in [1.807, 2.05) is 6.07 Å². The van der Waals surface area contributed by atoms with Gasteiger partial charge in [0.05, 0.1) is 34.8 Å². The van der Waals surface area contributed by atoms with E-state index in [2.05, 4.69) is 9.73 Å². The Morgan fingerprint density at radius 2 is 2.03 bits per heavy atom. The predicted octanol–water partition coefficient (Wildman–Crippen LogP) is 4.69. The van der Waals surface area contributed by atoms with E-state index in [1.165, 1.54) is 35.7 Å². The smallest absolute Gasteiger partial charge is 0.439 e. The highest BCUT2D eigenvalue weighted by Crippen LogP contribution is 2.53. The van der Waals surface area contributed by atoms with Crippen molar-refractivity contribution in [3.8, 4) is 6.07 Å². The maximum Gasteiger partial charge on any atom is 0.439 e. The number of Topliss-reactive ketones (excluding diaryl/α,β-unsaturated/α-hetero) is 1. The van der Waals surface area contributed by atoms with Crippen LogP contribution in [0, 0.1) is 23.2 Å². The number of thiophene rings is 1. The highest BCUT2D eigenvalue weighted by Gasteiger charge is 2.67. The van der Waals surface area contributed by atoms with Gasteiger partial charge in [-0.25, -0.2) is 4.99 Å². The second-order valence-corrected chi connectivity index (χ2v) is 9.36. The Morgan fingerprint density at radius 3 is 2.58 bits per heavy atom. The predicted molar refractivity (Wildman–Crippen MR) is 118 cm³/mol. The summed E-state index contributed by atoms with van der Waals surface area (Å²) in [5.41, 5.74) is -3.78. The van der Waals surface area contributed by atoms with Crippen molar-refractivity contribution in [1.29, 1.82) is 5.26 Å². The highest BCUT2D eigenvalue weighted by atomic mass is 35.5. The molecule has 1 N–H and O–H groups in total. The van der Waals surface area contributed by atoms with Crippen LogP contribution in [0.1, 0.15) is 21.2 Å². The highest BCUT2D eigenvalue weighted by molar-refractivity contribution is 8.14. The Bertz CT molecular complexity index is 1120. The van der Waals surface area contributed by atoms with Gasteiger partial charge in [0, 0.05) is 10.9 Å². The van der Waals surface area contributed by atoms with Gasteiger partial charge in [0.1, 0.15) is 5.92 Å². The quantitative estimate of drug-likeness (QED) is 0.457. The van der Waals surface area contributed by atoms with Crippen LogP contribution in [0.3, 0.4) is 0 Å². The van der Waals surface area contributed by atoms with E-state index in [-0.39, 0.29) is 15.5 Å². The number of aliphatic imine (C=N–C) groups is 1. The normalized spacial score (nSPS) is 25.1. The molecule has 0 saturated heterocycles. The number of aliphatic hydroxyl groups is 1. The van der Waals surface area contributed by atoms with Gasteiger partial charge in [-0.1, -0.05) is 47.6 Å². The molecule has 0 bridgehead atoms. The summed E-state index contributed by atoms with van der Waals surface area (Å²) in [5, 5.41) is 22.0.